The first-order chi connectivity index (χ1) is 9.24. The van der Waals surface area contributed by atoms with Crippen molar-refractivity contribution >= 4 is 16.9 Å². The Kier molecular flexibility index (Phi) is 2.79. The standard InChI is InChI=1S/C14H13N3O2/c1-9(11-7-15-16-8-11)17-14(18)13-6-10-4-2-3-5-12(10)19-13/h2-9H,1H3,(H,15,16)(H,17,18). The molecule has 3 aromatic rings. The zero-order chi connectivity index (χ0) is 13.2. The number of aromatic nitrogens is 2. The normalized spacial score (nSPS) is 12.5. The number of benzene rings is 1. The molecule has 96 valence electrons. The van der Waals surface area contributed by atoms with Gasteiger partial charge in [0.2, 0.25) is 0 Å². The molecule has 0 aliphatic rings. The van der Waals surface area contributed by atoms with Crippen LogP contribution in [0.1, 0.15) is 29.1 Å². The van der Waals surface area contributed by atoms with Crippen LogP contribution < -0.4 is 5.32 Å². The number of carbonyl (C=O) groups excluding carboxylic acids is 1. The van der Waals surface area contributed by atoms with E-state index in [1.165, 1.54) is 0 Å². The first-order valence-electron chi connectivity index (χ1n) is 6.02. The molecule has 0 bridgehead atoms. The SMILES string of the molecule is CC(NC(=O)c1cc2ccccc2o1)c1cn[nH]c1. The molecule has 2 N–H and O–H groups in total. The van der Waals surface area contributed by atoms with Crippen molar-refractivity contribution < 1.29 is 9.21 Å². The second-order valence-electron chi connectivity index (χ2n) is 4.38. The zero-order valence-corrected chi connectivity index (χ0v) is 10.4. The Balaban J connectivity index is 1.80. The van der Waals surface area contributed by atoms with Gasteiger partial charge in [-0.3, -0.25) is 9.89 Å². The van der Waals surface area contributed by atoms with Crippen LogP contribution >= 0.6 is 0 Å². The highest BCUT2D eigenvalue weighted by Crippen LogP contribution is 2.19. The summed E-state index contributed by atoms with van der Waals surface area (Å²) in [6.45, 7) is 1.89. The van der Waals surface area contributed by atoms with Gasteiger partial charge >= 0.3 is 0 Å². The smallest absolute Gasteiger partial charge is 0.287 e. The lowest BCUT2D eigenvalue weighted by Crippen LogP contribution is -2.25. The summed E-state index contributed by atoms with van der Waals surface area (Å²) in [5.74, 6) is 0.0847. The van der Waals surface area contributed by atoms with Crippen molar-refractivity contribution in [3.05, 3.63) is 54.0 Å². The lowest BCUT2D eigenvalue weighted by molar-refractivity contribution is 0.0914. The summed E-state index contributed by atoms with van der Waals surface area (Å²) in [6.07, 6.45) is 3.44. The monoisotopic (exact) mass is 255 g/mol. The first kappa shape index (κ1) is 11.5. The Morgan fingerprint density at radius 1 is 1.42 bits per heavy atom. The van der Waals surface area contributed by atoms with E-state index in [2.05, 4.69) is 15.5 Å². The van der Waals surface area contributed by atoms with Crippen LogP contribution in [0.5, 0.6) is 0 Å². The van der Waals surface area contributed by atoms with Crippen LogP contribution in [-0.2, 0) is 0 Å². The molecule has 3 rings (SSSR count). The maximum atomic E-state index is 12.1. The van der Waals surface area contributed by atoms with E-state index in [1.807, 2.05) is 31.2 Å². The Morgan fingerprint density at radius 2 is 2.26 bits per heavy atom. The third-order valence-electron chi connectivity index (χ3n) is 3.02. The summed E-state index contributed by atoms with van der Waals surface area (Å²) < 4.78 is 5.51. The molecule has 0 aliphatic carbocycles. The maximum absolute atomic E-state index is 12.1. The molecule has 0 saturated heterocycles. The van der Waals surface area contributed by atoms with Crippen LogP contribution in [0.15, 0.2) is 47.1 Å². The van der Waals surface area contributed by atoms with Gasteiger partial charge in [0.25, 0.3) is 5.91 Å². The van der Waals surface area contributed by atoms with Crippen molar-refractivity contribution in [1.82, 2.24) is 15.5 Å². The number of nitrogens with zero attached hydrogens (tertiary/aromatic N) is 1. The Hall–Kier alpha value is -2.56. The van der Waals surface area contributed by atoms with Crippen molar-refractivity contribution in [2.75, 3.05) is 0 Å². The number of carbonyl (C=O) groups is 1. The second-order valence-corrected chi connectivity index (χ2v) is 4.38. The average Bonchev–Trinajstić information content (AvgIpc) is 3.07. The molecule has 1 atom stereocenters. The lowest BCUT2D eigenvalue weighted by Gasteiger charge is -2.10. The molecule has 0 aliphatic heterocycles. The van der Waals surface area contributed by atoms with Crippen molar-refractivity contribution in [3.63, 3.8) is 0 Å². The summed E-state index contributed by atoms with van der Waals surface area (Å²) in [5.41, 5.74) is 1.63. The van der Waals surface area contributed by atoms with Crippen LogP contribution in [0.25, 0.3) is 11.0 Å². The van der Waals surface area contributed by atoms with Gasteiger partial charge in [-0.2, -0.15) is 5.10 Å². The molecule has 0 saturated carbocycles. The highest BCUT2D eigenvalue weighted by atomic mass is 16.3. The zero-order valence-electron chi connectivity index (χ0n) is 10.4. The first-order valence-corrected chi connectivity index (χ1v) is 6.02. The predicted molar refractivity (Wildman–Crippen MR) is 70.7 cm³/mol. The van der Waals surface area contributed by atoms with E-state index in [-0.39, 0.29) is 11.9 Å². The van der Waals surface area contributed by atoms with Gasteiger partial charge in [0.1, 0.15) is 5.58 Å². The number of rotatable bonds is 3. The van der Waals surface area contributed by atoms with E-state index < -0.39 is 0 Å². The molecule has 19 heavy (non-hydrogen) atoms. The van der Waals surface area contributed by atoms with E-state index in [0.717, 1.165) is 10.9 Å². The number of fused-ring (bicyclic) bond motifs is 1. The topological polar surface area (TPSA) is 70.9 Å². The van der Waals surface area contributed by atoms with Crippen LogP contribution in [0, 0.1) is 0 Å². The Morgan fingerprint density at radius 3 is 3.00 bits per heavy atom. The highest BCUT2D eigenvalue weighted by molar-refractivity contribution is 5.96. The molecule has 5 nitrogen and oxygen atoms in total. The van der Waals surface area contributed by atoms with Gasteiger partial charge in [-0.25, -0.2) is 0 Å². The van der Waals surface area contributed by atoms with Gasteiger partial charge in [0.15, 0.2) is 5.76 Å². The minimum Gasteiger partial charge on any atom is -0.451 e. The average molecular weight is 255 g/mol. The van der Waals surface area contributed by atoms with E-state index >= 15 is 0 Å². The van der Waals surface area contributed by atoms with Gasteiger partial charge in [-0.1, -0.05) is 18.2 Å². The molecule has 2 heterocycles. The minimum atomic E-state index is -0.232. The number of amides is 1. The molecular weight excluding hydrogens is 242 g/mol. The highest BCUT2D eigenvalue weighted by Gasteiger charge is 2.15. The third-order valence-corrected chi connectivity index (χ3v) is 3.02. The molecule has 1 amide bonds. The van der Waals surface area contributed by atoms with Crippen molar-refractivity contribution in [2.24, 2.45) is 0 Å². The van der Waals surface area contributed by atoms with Crippen molar-refractivity contribution in [3.8, 4) is 0 Å². The van der Waals surface area contributed by atoms with Gasteiger partial charge in [-0.15, -0.1) is 0 Å². The van der Waals surface area contributed by atoms with E-state index in [4.69, 9.17) is 4.42 Å². The maximum Gasteiger partial charge on any atom is 0.287 e. The van der Waals surface area contributed by atoms with Gasteiger partial charge in [0, 0.05) is 17.1 Å². The molecule has 1 aromatic carbocycles. The molecule has 0 radical (unpaired) electrons. The molecule has 0 spiro atoms. The molecular formula is C14H13N3O2. The number of hydrogen-bond donors (Lipinski definition) is 2. The molecule has 2 aromatic heterocycles. The summed E-state index contributed by atoms with van der Waals surface area (Å²) in [4.78, 5) is 12.1. The fourth-order valence-electron chi connectivity index (χ4n) is 1.94. The van der Waals surface area contributed by atoms with Crippen LogP contribution in [0.3, 0.4) is 0 Å². The third kappa shape index (κ3) is 2.22. The van der Waals surface area contributed by atoms with Crippen molar-refractivity contribution in [2.45, 2.75) is 13.0 Å². The van der Waals surface area contributed by atoms with Crippen LogP contribution in [0.2, 0.25) is 0 Å². The fourth-order valence-corrected chi connectivity index (χ4v) is 1.94. The van der Waals surface area contributed by atoms with Gasteiger partial charge in [-0.05, 0) is 19.1 Å². The van der Waals surface area contributed by atoms with Gasteiger partial charge in [0.05, 0.1) is 12.2 Å². The predicted octanol–water partition coefficient (Wildman–Crippen LogP) is 2.65. The number of para-hydroxylation sites is 1. The Labute approximate surface area is 109 Å². The van der Waals surface area contributed by atoms with Crippen molar-refractivity contribution in [1.29, 1.82) is 0 Å². The van der Waals surface area contributed by atoms with E-state index in [1.54, 1.807) is 18.5 Å². The molecule has 0 fully saturated rings. The summed E-state index contributed by atoms with van der Waals surface area (Å²) in [5, 5.41) is 10.4. The number of hydrogen-bond acceptors (Lipinski definition) is 3. The summed E-state index contributed by atoms with van der Waals surface area (Å²) in [7, 11) is 0. The Bertz CT molecular complexity index is 667. The fraction of sp³-hybridized carbons (Fsp3) is 0.143. The minimum absolute atomic E-state index is 0.125. The van der Waals surface area contributed by atoms with E-state index in [9.17, 15) is 4.79 Å². The molecule has 1 unspecified atom stereocenters. The number of aromatic amines is 1. The number of H-pyrrole nitrogens is 1. The van der Waals surface area contributed by atoms with Crippen LogP contribution in [-0.4, -0.2) is 16.1 Å². The second kappa shape index (κ2) is 4.61. The summed E-state index contributed by atoms with van der Waals surface area (Å²) >= 11 is 0. The number of furan rings is 1. The summed E-state index contributed by atoms with van der Waals surface area (Å²) in [6, 6.07) is 9.16. The van der Waals surface area contributed by atoms with Gasteiger partial charge < -0.3 is 9.73 Å². The van der Waals surface area contributed by atoms with Crippen LogP contribution in [0.4, 0.5) is 0 Å². The molecule has 5 heteroatoms. The quantitative estimate of drug-likeness (QED) is 0.755. The number of nitrogens with one attached hydrogen (secondary N) is 2. The van der Waals surface area contributed by atoms with E-state index in [0.29, 0.717) is 11.3 Å². The lowest BCUT2D eigenvalue weighted by atomic mass is 10.2. The largest absolute Gasteiger partial charge is 0.451 e.